The molecule has 174 valence electrons. The third kappa shape index (κ3) is 7.35. The molecule has 2 N–H and O–H groups in total. The standard InChI is InChI=1S/C18H24N4O2S2.C2H2O4/c23-18(22-7-9-24-10-8-22)13-21-5-3-20(4-6-21)12-17-19-15(14-26-17)16-2-1-11-25-16;3-1(4)2(5)6/h1-2,11,14H,3-10,12-13H2;(H,3,4)(H,5,6). The molecule has 2 aromatic rings. The number of aliphatic carboxylic acids is 2. The number of piperazine rings is 1. The summed E-state index contributed by atoms with van der Waals surface area (Å²) in [5, 5.41) is 20.2. The van der Waals surface area contributed by atoms with Crippen molar-refractivity contribution in [2.75, 3.05) is 59.0 Å². The zero-order valence-corrected chi connectivity index (χ0v) is 19.1. The van der Waals surface area contributed by atoms with Gasteiger partial charge in [0.25, 0.3) is 0 Å². The maximum atomic E-state index is 12.4. The van der Waals surface area contributed by atoms with Gasteiger partial charge in [0.1, 0.15) is 5.01 Å². The van der Waals surface area contributed by atoms with E-state index in [1.807, 2.05) is 4.90 Å². The number of hydrogen-bond acceptors (Lipinski definition) is 9. The number of carbonyl (C=O) groups excluding carboxylic acids is 1. The van der Waals surface area contributed by atoms with Crippen LogP contribution in [0, 0.1) is 0 Å². The van der Waals surface area contributed by atoms with Crippen molar-refractivity contribution in [1.29, 1.82) is 0 Å². The second kappa shape index (κ2) is 12.0. The summed E-state index contributed by atoms with van der Waals surface area (Å²) in [5.41, 5.74) is 1.09. The average molecular weight is 483 g/mol. The van der Waals surface area contributed by atoms with Crippen molar-refractivity contribution in [2.24, 2.45) is 0 Å². The number of nitrogens with zero attached hydrogens (tertiary/aromatic N) is 4. The van der Waals surface area contributed by atoms with Gasteiger partial charge in [-0.1, -0.05) is 6.07 Å². The molecule has 1 amide bonds. The monoisotopic (exact) mass is 482 g/mol. The molecule has 10 nitrogen and oxygen atoms in total. The maximum Gasteiger partial charge on any atom is 0.414 e. The highest BCUT2D eigenvalue weighted by atomic mass is 32.1. The van der Waals surface area contributed by atoms with Crippen LogP contribution in [0.25, 0.3) is 10.6 Å². The van der Waals surface area contributed by atoms with Crippen molar-refractivity contribution in [1.82, 2.24) is 19.7 Å². The molecule has 0 aliphatic carbocycles. The first kappa shape index (κ1) is 24.3. The fourth-order valence-electron chi connectivity index (χ4n) is 3.32. The molecule has 0 saturated carbocycles. The van der Waals surface area contributed by atoms with Crippen molar-refractivity contribution < 1.29 is 29.3 Å². The van der Waals surface area contributed by atoms with Crippen LogP contribution in [0.3, 0.4) is 0 Å². The molecule has 0 spiro atoms. The van der Waals surface area contributed by atoms with Crippen LogP contribution in [-0.4, -0.2) is 107 Å². The van der Waals surface area contributed by atoms with Gasteiger partial charge < -0.3 is 19.8 Å². The van der Waals surface area contributed by atoms with E-state index in [1.54, 1.807) is 22.7 Å². The second-order valence-electron chi connectivity index (χ2n) is 7.26. The zero-order valence-electron chi connectivity index (χ0n) is 17.5. The molecular weight excluding hydrogens is 456 g/mol. The summed E-state index contributed by atoms with van der Waals surface area (Å²) >= 11 is 3.47. The fourth-order valence-corrected chi connectivity index (χ4v) is 4.92. The van der Waals surface area contributed by atoms with E-state index < -0.39 is 11.9 Å². The lowest BCUT2D eigenvalue weighted by molar-refractivity contribution is -0.159. The van der Waals surface area contributed by atoms with Crippen LogP contribution in [0.2, 0.25) is 0 Å². The molecule has 0 atom stereocenters. The Bertz CT molecular complexity index is 878. The molecule has 12 heteroatoms. The molecule has 0 bridgehead atoms. The number of thiophene rings is 1. The van der Waals surface area contributed by atoms with E-state index in [1.165, 1.54) is 9.88 Å². The second-order valence-corrected chi connectivity index (χ2v) is 9.15. The summed E-state index contributed by atoms with van der Waals surface area (Å²) in [7, 11) is 0. The van der Waals surface area contributed by atoms with Crippen molar-refractivity contribution in [3.05, 3.63) is 27.9 Å². The molecule has 2 fully saturated rings. The summed E-state index contributed by atoms with van der Waals surface area (Å²) in [6.07, 6.45) is 0. The number of thiazole rings is 1. The molecule has 0 radical (unpaired) electrons. The Labute approximate surface area is 193 Å². The number of hydrogen-bond donors (Lipinski definition) is 2. The summed E-state index contributed by atoms with van der Waals surface area (Å²) in [6.45, 7) is 8.11. The Morgan fingerprint density at radius 1 is 0.969 bits per heavy atom. The van der Waals surface area contributed by atoms with Crippen LogP contribution < -0.4 is 0 Å². The van der Waals surface area contributed by atoms with Gasteiger partial charge >= 0.3 is 11.9 Å². The van der Waals surface area contributed by atoms with E-state index in [9.17, 15) is 4.79 Å². The van der Waals surface area contributed by atoms with Gasteiger partial charge in [0.05, 0.1) is 36.9 Å². The largest absolute Gasteiger partial charge is 0.473 e. The third-order valence-corrected chi connectivity index (χ3v) is 6.78. The molecule has 2 saturated heterocycles. The number of carboxylic acid groups (broad SMARTS) is 2. The van der Waals surface area contributed by atoms with E-state index in [2.05, 4.69) is 32.7 Å². The molecular formula is C20H26N4O6S2. The van der Waals surface area contributed by atoms with Gasteiger partial charge in [-0.3, -0.25) is 14.6 Å². The average Bonchev–Trinajstić information content (AvgIpc) is 3.48. The van der Waals surface area contributed by atoms with Gasteiger partial charge in [-0.2, -0.15) is 0 Å². The van der Waals surface area contributed by atoms with Gasteiger partial charge in [0.15, 0.2) is 0 Å². The lowest BCUT2D eigenvalue weighted by atomic mass is 10.3. The predicted molar refractivity (Wildman–Crippen MR) is 120 cm³/mol. The van der Waals surface area contributed by atoms with E-state index in [4.69, 9.17) is 29.5 Å². The smallest absolute Gasteiger partial charge is 0.414 e. The summed E-state index contributed by atoms with van der Waals surface area (Å²) < 4.78 is 5.32. The van der Waals surface area contributed by atoms with Crippen LogP contribution in [0.15, 0.2) is 22.9 Å². The van der Waals surface area contributed by atoms with Crippen molar-refractivity contribution in [3.8, 4) is 10.6 Å². The Balaban J connectivity index is 0.000000427. The summed E-state index contributed by atoms with van der Waals surface area (Å²) in [4.78, 5) is 43.2. The van der Waals surface area contributed by atoms with Gasteiger partial charge in [-0.15, -0.1) is 22.7 Å². The molecule has 4 heterocycles. The van der Waals surface area contributed by atoms with Crippen molar-refractivity contribution in [2.45, 2.75) is 6.54 Å². The van der Waals surface area contributed by atoms with Crippen molar-refractivity contribution >= 4 is 40.5 Å². The van der Waals surface area contributed by atoms with Gasteiger partial charge in [0.2, 0.25) is 5.91 Å². The predicted octanol–water partition coefficient (Wildman–Crippen LogP) is 1.00. The first-order valence-corrected chi connectivity index (χ1v) is 11.9. The first-order valence-electron chi connectivity index (χ1n) is 10.2. The Kier molecular flexibility index (Phi) is 9.11. The van der Waals surface area contributed by atoms with Crippen LogP contribution in [-0.2, 0) is 25.7 Å². The lowest BCUT2D eigenvalue weighted by Gasteiger charge is -2.35. The summed E-state index contributed by atoms with van der Waals surface area (Å²) in [6, 6.07) is 4.18. The molecule has 4 rings (SSSR count). The van der Waals surface area contributed by atoms with Gasteiger partial charge in [-0.25, -0.2) is 14.6 Å². The highest BCUT2D eigenvalue weighted by Crippen LogP contribution is 2.26. The van der Waals surface area contributed by atoms with E-state index in [0.717, 1.165) is 51.5 Å². The number of morpholine rings is 1. The van der Waals surface area contributed by atoms with Crippen molar-refractivity contribution in [3.63, 3.8) is 0 Å². The number of amides is 1. The first-order chi connectivity index (χ1) is 15.4. The van der Waals surface area contributed by atoms with Crippen LogP contribution >= 0.6 is 22.7 Å². The fraction of sp³-hybridized carbons (Fsp3) is 0.500. The quantitative estimate of drug-likeness (QED) is 0.601. The van der Waals surface area contributed by atoms with Crippen LogP contribution in [0.1, 0.15) is 5.01 Å². The van der Waals surface area contributed by atoms with Crippen LogP contribution in [0.5, 0.6) is 0 Å². The lowest BCUT2D eigenvalue weighted by Crippen LogP contribution is -2.51. The number of aromatic nitrogens is 1. The molecule has 2 aliphatic heterocycles. The third-order valence-electron chi connectivity index (χ3n) is 5.05. The minimum absolute atomic E-state index is 0.238. The van der Waals surface area contributed by atoms with Gasteiger partial charge in [-0.05, 0) is 11.4 Å². The number of carbonyl (C=O) groups is 3. The number of carboxylic acids is 2. The molecule has 0 aromatic carbocycles. The Morgan fingerprint density at radius 2 is 1.62 bits per heavy atom. The van der Waals surface area contributed by atoms with Crippen LogP contribution in [0.4, 0.5) is 0 Å². The van der Waals surface area contributed by atoms with E-state index >= 15 is 0 Å². The minimum Gasteiger partial charge on any atom is -0.473 e. The maximum absolute atomic E-state index is 12.4. The number of rotatable bonds is 5. The topological polar surface area (TPSA) is 124 Å². The highest BCUT2D eigenvalue weighted by Gasteiger charge is 2.23. The molecule has 0 unspecified atom stereocenters. The Morgan fingerprint density at radius 3 is 2.22 bits per heavy atom. The molecule has 2 aromatic heterocycles. The van der Waals surface area contributed by atoms with E-state index in [-0.39, 0.29) is 5.91 Å². The Hall–Kier alpha value is -2.38. The summed E-state index contributed by atoms with van der Waals surface area (Å²) in [5.74, 6) is -3.41. The minimum atomic E-state index is -1.82. The van der Waals surface area contributed by atoms with Gasteiger partial charge in [0, 0.05) is 44.6 Å². The molecule has 2 aliphatic rings. The number of ether oxygens (including phenoxy) is 1. The highest BCUT2D eigenvalue weighted by molar-refractivity contribution is 7.14. The SMILES string of the molecule is O=C(CN1CCN(Cc2nc(-c3cccs3)cs2)CC1)N1CCOCC1.O=C(O)C(=O)O. The zero-order chi connectivity index (χ0) is 22.9. The molecule has 32 heavy (non-hydrogen) atoms. The van der Waals surface area contributed by atoms with E-state index in [0.29, 0.717) is 19.8 Å². The normalized spacial score (nSPS) is 17.4.